The minimum atomic E-state index is -1.21. The Balaban J connectivity index is 1.98. The Labute approximate surface area is 159 Å². The Morgan fingerprint density at radius 1 is 1.07 bits per heavy atom. The molecule has 144 valence electrons. The standard InChI is InChI=1S/C21H25NO5/c1-2-3-4-5-9-12-26-21(25)17-13-18(19(20(23)24)22-14-17)27-15-16-10-7-6-8-11-16/h6-8,10-11,13-14H,2-5,9,12,15H2,1H3,(H,23,24). The molecular weight excluding hydrogens is 346 g/mol. The van der Waals surface area contributed by atoms with Crippen LogP contribution in [0, 0.1) is 0 Å². The largest absolute Gasteiger partial charge is 0.486 e. The molecule has 1 heterocycles. The number of rotatable bonds is 11. The van der Waals surface area contributed by atoms with Crippen molar-refractivity contribution in [3.05, 3.63) is 59.4 Å². The van der Waals surface area contributed by atoms with Crippen molar-refractivity contribution in [3.8, 4) is 5.75 Å². The molecule has 1 aromatic heterocycles. The zero-order valence-corrected chi connectivity index (χ0v) is 15.5. The van der Waals surface area contributed by atoms with Crippen LogP contribution >= 0.6 is 0 Å². The van der Waals surface area contributed by atoms with Gasteiger partial charge in [-0.3, -0.25) is 0 Å². The maximum absolute atomic E-state index is 12.2. The van der Waals surface area contributed by atoms with Crippen LogP contribution < -0.4 is 4.74 Å². The molecular formula is C21H25NO5. The second-order valence-corrected chi connectivity index (χ2v) is 6.20. The van der Waals surface area contributed by atoms with Gasteiger partial charge in [0.2, 0.25) is 0 Å². The highest BCUT2D eigenvalue weighted by Crippen LogP contribution is 2.20. The molecule has 0 saturated carbocycles. The van der Waals surface area contributed by atoms with E-state index in [-0.39, 0.29) is 23.6 Å². The molecule has 6 heteroatoms. The second-order valence-electron chi connectivity index (χ2n) is 6.20. The van der Waals surface area contributed by atoms with Crippen LogP contribution in [-0.2, 0) is 11.3 Å². The van der Waals surface area contributed by atoms with E-state index in [1.54, 1.807) is 0 Å². The van der Waals surface area contributed by atoms with Crippen LogP contribution in [0.4, 0.5) is 0 Å². The number of carbonyl (C=O) groups is 2. The van der Waals surface area contributed by atoms with E-state index in [0.717, 1.165) is 31.2 Å². The zero-order chi connectivity index (χ0) is 19.5. The Kier molecular flexibility index (Phi) is 8.29. The monoisotopic (exact) mass is 371 g/mol. The van der Waals surface area contributed by atoms with E-state index in [1.807, 2.05) is 30.3 Å². The average molecular weight is 371 g/mol. The molecule has 2 rings (SSSR count). The molecule has 0 unspecified atom stereocenters. The fourth-order valence-corrected chi connectivity index (χ4v) is 2.52. The number of benzene rings is 1. The summed E-state index contributed by atoms with van der Waals surface area (Å²) in [6.45, 7) is 2.66. The molecule has 0 aliphatic rings. The van der Waals surface area contributed by atoms with E-state index in [4.69, 9.17) is 9.47 Å². The van der Waals surface area contributed by atoms with Crippen molar-refractivity contribution in [1.82, 2.24) is 4.98 Å². The van der Waals surface area contributed by atoms with Gasteiger partial charge in [-0.25, -0.2) is 14.6 Å². The Morgan fingerprint density at radius 3 is 2.52 bits per heavy atom. The number of aromatic carboxylic acids is 1. The van der Waals surface area contributed by atoms with Gasteiger partial charge in [-0.2, -0.15) is 0 Å². The maximum Gasteiger partial charge on any atom is 0.358 e. The van der Waals surface area contributed by atoms with Crippen LogP contribution in [0.5, 0.6) is 5.75 Å². The molecule has 0 aliphatic heterocycles. The van der Waals surface area contributed by atoms with Crippen LogP contribution in [0.2, 0.25) is 0 Å². The molecule has 0 saturated heterocycles. The van der Waals surface area contributed by atoms with Gasteiger partial charge in [0.25, 0.3) is 0 Å². The first-order valence-electron chi connectivity index (χ1n) is 9.19. The zero-order valence-electron chi connectivity index (χ0n) is 15.5. The van der Waals surface area contributed by atoms with Crippen LogP contribution in [0.15, 0.2) is 42.6 Å². The highest BCUT2D eigenvalue weighted by molar-refractivity contribution is 5.93. The van der Waals surface area contributed by atoms with Crippen molar-refractivity contribution in [2.75, 3.05) is 6.61 Å². The van der Waals surface area contributed by atoms with Gasteiger partial charge in [0, 0.05) is 6.20 Å². The normalized spacial score (nSPS) is 10.4. The number of unbranched alkanes of at least 4 members (excludes halogenated alkanes) is 4. The third-order valence-electron chi connectivity index (χ3n) is 4.01. The Bertz CT molecular complexity index is 745. The molecule has 6 nitrogen and oxygen atoms in total. The number of hydrogen-bond donors (Lipinski definition) is 1. The molecule has 0 radical (unpaired) electrons. The van der Waals surface area contributed by atoms with Gasteiger partial charge >= 0.3 is 11.9 Å². The molecule has 0 amide bonds. The summed E-state index contributed by atoms with van der Waals surface area (Å²) in [7, 11) is 0. The molecule has 2 aromatic rings. The van der Waals surface area contributed by atoms with E-state index in [2.05, 4.69) is 11.9 Å². The van der Waals surface area contributed by atoms with E-state index in [9.17, 15) is 14.7 Å². The van der Waals surface area contributed by atoms with E-state index < -0.39 is 11.9 Å². The third kappa shape index (κ3) is 6.73. The first-order chi connectivity index (χ1) is 13.1. The number of carbonyl (C=O) groups excluding carboxylic acids is 1. The number of carboxylic acids is 1. The van der Waals surface area contributed by atoms with E-state index >= 15 is 0 Å². The van der Waals surface area contributed by atoms with Gasteiger partial charge < -0.3 is 14.6 Å². The van der Waals surface area contributed by atoms with Crippen molar-refractivity contribution in [2.45, 2.75) is 45.6 Å². The number of ether oxygens (including phenoxy) is 2. The molecule has 0 bridgehead atoms. The predicted molar refractivity (Wildman–Crippen MR) is 101 cm³/mol. The summed E-state index contributed by atoms with van der Waals surface area (Å²) in [5.74, 6) is -1.70. The highest BCUT2D eigenvalue weighted by Gasteiger charge is 2.18. The van der Waals surface area contributed by atoms with Crippen LogP contribution in [0.3, 0.4) is 0 Å². The molecule has 27 heavy (non-hydrogen) atoms. The van der Waals surface area contributed by atoms with Crippen molar-refractivity contribution in [2.24, 2.45) is 0 Å². The summed E-state index contributed by atoms with van der Waals surface area (Å²) < 4.78 is 10.8. The lowest BCUT2D eigenvalue weighted by Gasteiger charge is -2.10. The summed E-state index contributed by atoms with van der Waals surface area (Å²) in [5, 5.41) is 9.28. The summed E-state index contributed by atoms with van der Waals surface area (Å²) in [6, 6.07) is 10.7. The topological polar surface area (TPSA) is 85.7 Å². The molecule has 1 aromatic carbocycles. The van der Waals surface area contributed by atoms with Gasteiger partial charge in [0.1, 0.15) is 6.61 Å². The molecule has 0 fully saturated rings. The summed E-state index contributed by atoms with van der Waals surface area (Å²) in [4.78, 5) is 27.4. The fraction of sp³-hybridized carbons (Fsp3) is 0.381. The van der Waals surface area contributed by atoms with Crippen LogP contribution in [-0.4, -0.2) is 28.6 Å². The smallest absolute Gasteiger partial charge is 0.358 e. The fourth-order valence-electron chi connectivity index (χ4n) is 2.52. The molecule has 0 atom stereocenters. The lowest BCUT2D eigenvalue weighted by Crippen LogP contribution is -2.11. The summed E-state index contributed by atoms with van der Waals surface area (Å²) in [5.41, 5.74) is 0.826. The highest BCUT2D eigenvalue weighted by atomic mass is 16.5. The number of nitrogens with zero attached hydrogens (tertiary/aromatic N) is 1. The number of hydrogen-bond acceptors (Lipinski definition) is 5. The lowest BCUT2D eigenvalue weighted by molar-refractivity contribution is 0.0495. The molecule has 1 N–H and O–H groups in total. The number of aromatic nitrogens is 1. The molecule has 0 aliphatic carbocycles. The van der Waals surface area contributed by atoms with Gasteiger partial charge in [-0.05, 0) is 18.1 Å². The van der Waals surface area contributed by atoms with Gasteiger partial charge in [-0.1, -0.05) is 62.9 Å². The minimum absolute atomic E-state index is 0.0451. The van der Waals surface area contributed by atoms with Gasteiger partial charge in [-0.15, -0.1) is 0 Å². The third-order valence-corrected chi connectivity index (χ3v) is 4.01. The van der Waals surface area contributed by atoms with Crippen molar-refractivity contribution in [1.29, 1.82) is 0 Å². The minimum Gasteiger partial charge on any atom is -0.486 e. The van der Waals surface area contributed by atoms with Crippen LogP contribution in [0.1, 0.15) is 65.4 Å². The van der Waals surface area contributed by atoms with E-state index in [1.165, 1.54) is 18.7 Å². The van der Waals surface area contributed by atoms with Crippen LogP contribution in [0.25, 0.3) is 0 Å². The van der Waals surface area contributed by atoms with Crippen molar-refractivity contribution in [3.63, 3.8) is 0 Å². The number of esters is 1. The summed E-state index contributed by atoms with van der Waals surface area (Å²) in [6.07, 6.45) is 6.49. The average Bonchev–Trinajstić information content (AvgIpc) is 2.69. The Morgan fingerprint density at radius 2 is 1.81 bits per heavy atom. The lowest BCUT2D eigenvalue weighted by atomic mass is 10.2. The second kappa shape index (κ2) is 11.0. The summed E-state index contributed by atoms with van der Waals surface area (Å²) >= 11 is 0. The van der Waals surface area contributed by atoms with E-state index in [0.29, 0.717) is 6.61 Å². The number of pyridine rings is 1. The molecule has 0 spiro atoms. The van der Waals surface area contributed by atoms with Crippen molar-refractivity contribution >= 4 is 11.9 Å². The quantitative estimate of drug-likeness (QED) is 0.463. The maximum atomic E-state index is 12.2. The van der Waals surface area contributed by atoms with Gasteiger partial charge in [0.05, 0.1) is 12.2 Å². The predicted octanol–water partition coefficient (Wildman–Crippen LogP) is 4.49. The Hall–Kier alpha value is -2.89. The SMILES string of the molecule is CCCCCCCOC(=O)c1cnc(C(=O)O)c(OCc2ccccc2)c1. The number of carboxylic acid groups (broad SMARTS) is 1. The van der Waals surface area contributed by atoms with Gasteiger partial charge in [0.15, 0.2) is 11.4 Å². The first kappa shape index (κ1) is 20.4. The van der Waals surface area contributed by atoms with Crippen molar-refractivity contribution < 1.29 is 24.2 Å². The first-order valence-corrected chi connectivity index (χ1v) is 9.19.